The van der Waals surface area contributed by atoms with E-state index < -0.39 is 0 Å². The Balaban J connectivity index is 2.67. The van der Waals surface area contributed by atoms with Crippen molar-refractivity contribution < 1.29 is 0 Å². The second-order valence-corrected chi connectivity index (χ2v) is 11.0. The minimum atomic E-state index is 0.360. The predicted molar refractivity (Wildman–Crippen MR) is 98.7 cm³/mol. The Morgan fingerprint density at radius 2 is 1.45 bits per heavy atom. The van der Waals surface area contributed by atoms with Crippen molar-refractivity contribution in [3.05, 3.63) is 12.2 Å². The molecule has 128 valence electrons. The van der Waals surface area contributed by atoms with Gasteiger partial charge in [-0.15, -0.1) is 0 Å². The summed E-state index contributed by atoms with van der Waals surface area (Å²) in [5.74, 6) is 4.68. The van der Waals surface area contributed by atoms with Crippen molar-refractivity contribution in [3.8, 4) is 0 Å². The fourth-order valence-corrected chi connectivity index (χ4v) is 6.41. The SMILES string of the molecule is CC(C)C1CC2C=CC1(C(C)C)C(C(C)(C)C)C2C(C)(C)C. The molecule has 3 rings (SSSR count). The molecule has 0 aromatic heterocycles. The van der Waals surface area contributed by atoms with Crippen LogP contribution in [0.15, 0.2) is 12.2 Å². The van der Waals surface area contributed by atoms with Gasteiger partial charge in [0.25, 0.3) is 0 Å². The summed E-state index contributed by atoms with van der Waals surface area (Å²) >= 11 is 0. The largest absolute Gasteiger partial charge is 0.0845 e. The first kappa shape index (κ1) is 18.1. The van der Waals surface area contributed by atoms with Gasteiger partial charge in [0.15, 0.2) is 0 Å². The van der Waals surface area contributed by atoms with Gasteiger partial charge in [-0.05, 0) is 58.2 Å². The Morgan fingerprint density at radius 3 is 1.82 bits per heavy atom. The van der Waals surface area contributed by atoms with Crippen LogP contribution in [0.1, 0.15) is 75.7 Å². The number of rotatable bonds is 2. The minimum Gasteiger partial charge on any atom is -0.0845 e. The highest BCUT2D eigenvalue weighted by Crippen LogP contribution is 2.68. The fraction of sp³-hybridized carbons (Fsp3) is 0.909. The van der Waals surface area contributed by atoms with Gasteiger partial charge >= 0.3 is 0 Å². The van der Waals surface area contributed by atoms with E-state index in [4.69, 9.17) is 0 Å². The van der Waals surface area contributed by atoms with Crippen molar-refractivity contribution in [2.24, 2.45) is 51.8 Å². The van der Waals surface area contributed by atoms with Gasteiger partial charge < -0.3 is 0 Å². The smallest absolute Gasteiger partial charge is 0.00280 e. The molecule has 0 aromatic rings. The molecule has 22 heavy (non-hydrogen) atoms. The van der Waals surface area contributed by atoms with E-state index in [0.29, 0.717) is 22.2 Å². The topological polar surface area (TPSA) is 0 Å². The van der Waals surface area contributed by atoms with Gasteiger partial charge in [-0.25, -0.2) is 0 Å². The van der Waals surface area contributed by atoms with E-state index in [2.05, 4.69) is 81.4 Å². The van der Waals surface area contributed by atoms with Crippen LogP contribution in [0.2, 0.25) is 0 Å². The first-order valence-electron chi connectivity index (χ1n) is 9.52. The van der Waals surface area contributed by atoms with E-state index in [1.807, 2.05) is 0 Å². The maximum Gasteiger partial charge on any atom is -0.00280 e. The summed E-state index contributed by atoms with van der Waals surface area (Å²) in [5.41, 5.74) is 1.12. The van der Waals surface area contributed by atoms with E-state index in [1.165, 1.54) is 6.42 Å². The Bertz CT molecular complexity index is 426. The predicted octanol–water partition coefficient (Wildman–Crippen LogP) is 6.82. The number of hydrogen-bond donors (Lipinski definition) is 0. The summed E-state index contributed by atoms with van der Waals surface area (Å²) in [7, 11) is 0. The second kappa shape index (κ2) is 5.38. The standard InChI is InChI=1S/C22H40/c1-14(2)17-13-16-11-12-22(17,15(3)4)19(21(8,9)10)18(16)20(5,6)7/h11-12,14-19H,13H2,1-10H3. The minimum absolute atomic E-state index is 0.360. The normalized spacial score (nSPS) is 39.1. The molecule has 0 heterocycles. The molecule has 1 fully saturated rings. The first-order chi connectivity index (χ1) is 9.83. The summed E-state index contributed by atoms with van der Waals surface area (Å²) in [5, 5.41) is 0. The molecule has 0 saturated heterocycles. The van der Waals surface area contributed by atoms with Gasteiger partial charge in [-0.3, -0.25) is 0 Å². The molecule has 5 unspecified atom stereocenters. The number of fused-ring (bicyclic) bond motifs is 2. The Morgan fingerprint density at radius 1 is 0.909 bits per heavy atom. The third kappa shape index (κ3) is 2.59. The molecule has 0 aliphatic heterocycles. The van der Waals surface area contributed by atoms with Crippen molar-refractivity contribution in [3.63, 3.8) is 0 Å². The molecular weight excluding hydrogens is 264 g/mol. The van der Waals surface area contributed by atoms with E-state index in [0.717, 1.165) is 29.6 Å². The molecule has 3 aliphatic carbocycles. The quantitative estimate of drug-likeness (QED) is 0.491. The van der Waals surface area contributed by atoms with Crippen molar-refractivity contribution in [2.75, 3.05) is 0 Å². The van der Waals surface area contributed by atoms with Crippen LogP contribution in [0.4, 0.5) is 0 Å². The molecule has 3 aliphatic rings. The zero-order chi connectivity index (χ0) is 17.1. The molecule has 0 heteroatoms. The summed E-state index contributed by atoms with van der Waals surface area (Å²) in [4.78, 5) is 0. The van der Waals surface area contributed by atoms with Crippen LogP contribution >= 0.6 is 0 Å². The van der Waals surface area contributed by atoms with Gasteiger partial charge in [-0.1, -0.05) is 81.4 Å². The van der Waals surface area contributed by atoms with E-state index >= 15 is 0 Å². The lowest BCUT2D eigenvalue weighted by Gasteiger charge is -2.66. The lowest BCUT2D eigenvalue weighted by Crippen LogP contribution is -2.61. The molecule has 0 N–H and O–H groups in total. The Kier molecular flexibility index (Phi) is 4.43. The van der Waals surface area contributed by atoms with Crippen LogP contribution in [0, 0.1) is 51.8 Å². The molecule has 0 aromatic carbocycles. The van der Waals surface area contributed by atoms with E-state index in [9.17, 15) is 0 Å². The second-order valence-electron chi connectivity index (χ2n) is 11.0. The number of hydrogen-bond acceptors (Lipinski definition) is 0. The zero-order valence-electron chi connectivity index (χ0n) is 16.8. The summed E-state index contributed by atoms with van der Waals surface area (Å²) in [6, 6.07) is 0. The highest BCUT2D eigenvalue weighted by atomic mass is 14.7. The molecule has 1 saturated carbocycles. The van der Waals surface area contributed by atoms with Crippen molar-refractivity contribution >= 4 is 0 Å². The van der Waals surface area contributed by atoms with Crippen molar-refractivity contribution in [1.82, 2.24) is 0 Å². The molecular formula is C22H40. The lowest BCUT2D eigenvalue weighted by atomic mass is 9.38. The number of allylic oxidation sites excluding steroid dienone is 2. The maximum absolute atomic E-state index is 2.68. The van der Waals surface area contributed by atoms with Crippen LogP contribution < -0.4 is 0 Å². The Hall–Kier alpha value is -0.260. The highest BCUT2D eigenvalue weighted by Gasteiger charge is 2.62. The van der Waals surface area contributed by atoms with Gasteiger partial charge in [0, 0.05) is 0 Å². The van der Waals surface area contributed by atoms with Gasteiger partial charge in [0.1, 0.15) is 0 Å². The third-order valence-corrected chi connectivity index (χ3v) is 6.90. The molecule has 0 amide bonds. The first-order valence-corrected chi connectivity index (χ1v) is 9.52. The maximum atomic E-state index is 2.68. The average molecular weight is 305 g/mol. The summed E-state index contributed by atoms with van der Waals surface area (Å²) < 4.78 is 0. The average Bonchev–Trinajstić information content (AvgIpc) is 2.35. The van der Waals surface area contributed by atoms with Crippen LogP contribution in [0.25, 0.3) is 0 Å². The van der Waals surface area contributed by atoms with Gasteiger partial charge in [-0.2, -0.15) is 0 Å². The van der Waals surface area contributed by atoms with Crippen molar-refractivity contribution in [2.45, 2.75) is 75.7 Å². The lowest BCUT2D eigenvalue weighted by molar-refractivity contribution is -0.146. The van der Waals surface area contributed by atoms with Crippen LogP contribution in [-0.4, -0.2) is 0 Å². The van der Waals surface area contributed by atoms with Crippen LogP contribution in [0.3, 0.4) is 0 Å². The van der Waals surface area contributed by atoms with Crippen LogP contribution in [-0.2, 0) is 0 Å². The monoisotopic (exact) mass is 304 g/mol. The molecule has 0 nitrogen and oxygen atoms in total. The molecule has 5 atom stereocenters. The van der Waals surface area contributed by atoms with Gasteiger partial charge in [0.05, 0.1) is 0 Å². The zero-order valence-corrected chi connectivity index (χ0v) is 16.8. The fourth-order valence-electron chi connectivity index (χ4n) is 6.41. The molecule has 2 bridgehead atoms. The van der Waals surface area contributed by atoms with Crippen LogP contribution in [0.5, 0.6) is 0 Å². The summed E-state index contributed by atoms with van der Waals surface area (Å²) in [6.07, 6.45) is 6.69. The van der Waals surface area contributed by atoms with Gasteiger partial charge in [0.2, 0.25) is 0 Å². The third-order valence-electron chi connectivity index (χ3n) is 6.90. The molecule has 0 spiro atoms. The highest BCUT2D eigenvalue weighted by molar-refractivity contribution is 5.24. The van der Waals surface area contributed by atoms with E-state index in [1.54, 1.807) is 0 Å². The summed E-state index contributed by atoms with van der Waals surface area (Å²) in [6.45, 7) is 24.8. The molecule has 0 radical (unpaired) electrons. The van der Waals surface area contributed by atoms with Crippen molar-refractivity contribution in [1.29, 1.82) is 0 Å². The Labute approximate surface area is 140 Å². The van der Waals surface area contributed by atoms with E-state index in [-0.39, 0.29) is 0 Å².